The molecule has 0 N–H and O–H groups in total. The fourth-order valence-electron chi connectivity index (χ4n) is 2.54. The molecule has 102 valence electrons. The van der Waals surface area contributed by atoms with E-state index < -0.39 is 0 Å². The highest BCUT2D eigenvalue weighted by Gasteiger charge is 2.21. The molecule has 0 bridgehead atoms. The van der Waals surface area contributed by atoms with Gasteiger partial charge in [0, 0.05) is 30.9 Å². The summed E-state index contributed by atoms with van der Waals surface area (Å²) in [4.78, 5) is 12.5. The number of halogens is 1. The topological polar surface area (TPSA) is 46.4 Å². The fourth-order valence-corrected chi connectivity index (χ4v) is 2.54. The molecular weight excluding hydrogens is 259 g/mol. The molecule has 0 aliphatic carbocycles. The summed E-state index contributed by atoms with van der Waals surface area (Å²) in [5, 5.41) is 10.8. The molecule has 3 rings (SSSR count). The number of anilines is 1. The summed E-state index contributed by atoms with van der Waals surface area (Å²) in [5.41, 5.74) is 3.19. The van der Waals surface area contributed by atoms with Crippen LogP contribution in [0.2, 0.25) is 0 Å². The number of hydrogen-bond acceptors (Lipinski definition) is 3. The molecule has 0 spiro atoms. The molecule has 4 nitrogen and oxygen atoms in total. The minimum atomic E-state index is -0.372. The van der Waals surface area contributed by atoms with E-state index in [1.54, 1.807) is 24.3 Å². The normalized spacial score (nSPS) is 13.3. The van der Waals surface area contributed by atoms with Gasteiger partial charge in [-0.25, -0.2) is 4.39 Å². The van der Waals surface area contributed by atoms with Crippen molar-refractivity contribution in [3.05, 3.63) is 69.5 Å². The van der Waals surface area contributed by atoms with Crippen LogP contribution in [-0.4, -0.2) is 11.5 Å². The van der Waals surface area contributed by atoms with Crippen LogP contribution in [0.3, 0.4) is 0 Å². The first kappa shape index (κ1) is 12.6. The summed E-state index contributed by atoms with van der Waals surface area (Å²) in [7, 11) is 0. The number of nitro benzene ring substituents is 1. The van der Waals surface area contributed by atoms with Crippen LogP contribution in [0.5, 0.6) is 0 Å². The Labute approximate surface area is 115 Å². The second-order valence-electron chi connectivity index (χ2n) is 4.87. The smallest absolute Gasteiger partial charge is 0.269 e. The molecule has 20 heavy (non-hydrogen) atoms. The summed E-state index contributed by atoms with van der Waals surface area (Å²) < 4.78 is 12.9. The van der Waals surface area contributed by atoms with Crippen LogP contribution in [0.15, 0.2) is 42.5 Å². The Hall–Kier alpha value is -2.43. The van der Waals surface area contributed by atoms with Crippen molar-refractivity contribution in [2.24, 2.45) is 0 Å². The van der Waals surface area contributed by atoms with Gasteiger partial charge in [0.1, 0.15) is 5.82 Å². The molecule has 0 saturated heterocycles. The van der Waals surface area contributed by atoms with Gasteiger partial charge in [0.05, 0.1) is 4.92 Å². The number of benzene rings is 2. The van der Waals surface area contributed by atoms with E-state index in [1.165, 1.54) is 18.2 Å². The SMILES string of the molecule is O=[N+]([O-])c1ccc2c(c1)CCN2Cc1ccc(F)cc1. The summed E-state index contributed by atoms with van der Waals surface area (Å²) in [6, 6.07) is 11.4. The van der Waals surface area contributed by atoms with Gasteiger partial charge in [0.2, 0.25) is 0 Å². The first-order valence-electron chi connectivity index (χ1n) is 6.40. The summed E-state index contributed by atoms with van der Waals surface area (Å²) in [5.74, 6) is -0.244. The van der Waals surface area contributed by atoms with Crippen molar-refractivity contribution in [1.29, 1.82) is 0 Å². The average Bonchev–Trinajstić information content (AvgIpc) is 2.84. The maximum Gasteiger partial charge on any atom is 0.269 e. The highest BCUT2D eigenvalue weighted by molar-refractivity contribution is 5.61. The number of nitro groups is 1. The molecule has 0 aromatic heterocycles. The van der Waals surface area contributed by atoms with Gasteiger partial charge < -0.3 is 4.90 Å². The van der Waals surface area contributed by atoms with E-state index in [2.05, 4.69) is 4.90 Å². The second-order valence-corrected chi connectivity index (χ2v) is 4.87. The Morgan fingerprint density at radius 3 is 2.65 bits per heavy atom. The molecule has 1 aliphatic heterocycles. The van der Waals surface area contributed by atoms with E-state index in [0.717, 1.165) is 29.8 Å². The quantitative estimate of drug-likeness (QED) is 0.636. The zero-order valence-corrected chi connectivity index (χ0v) is 10.8. The van der Waals surface area contributed by atoms with Crippen LogP contribution >= 0.6 is 0 Å². The number of hydrogen-bond donors (Lipinski definition) is 0. The predicted octanol–water partition coefficient (Wildman–Crippen LogP) is 3.30. The molecule has 1 aliphatic rings. The van der Waals surface area contributed by atoms with E-state index in [9.17, 15) is 14.5 Å². The average molecular weight is 272 g/mol. The van der Waals surface area contributed by atoms with Gasteiger partial charge in [0.25, 0.3) is 5.69 Å². The van der Waals surface area contributed by atoms with Crippen molar-refractivity contribution >= 4 is 11.4 Å². The number of fused-ring (bicyclic) bond motifs is 1. The van der Waals surface area contributed by atoms with E-state index in [0.29, 0.717) is 6.54 Å². The van der Waals surface area contributed by atoms with Crippen molar-refractivity contribution < 1.29 is 9.31 Å². The third-order valence-corrected chi connectivity index (χ3v) is 3.55. The highest BCUT2D eigenvalue weighted by atomic mass is 19.1. The maximum atomic E-state index is 12.9. The lowest BCUT2D eigenvalue weighted by molar-refractivity contribution is -0.384. The van der Waals surface area contributed by atoms with Gasteiger partial charge in [-0.2, -0.15) is 0 Å². The zero-order valence-electron chi connectivity index (χ0n) is 10.8. The molecule has 5 heteroatoms. The molecule has 0 amide bonds. The number of nitrogens with zero attached hydrogens (tertiary/aromatic N) is 2. The third-order valence-electron chi connectivity index (χ3n) is 3.55. The van der Waals surface area contributed by atoms with Gasteiger partial charge in [-0.1, -0.05) is 12.1 Å². The Balaban J connectivity index is 1.82. The maximum absolute atomic E-state index is 12.9. The van der Waals surface area contributed by atoms with Crippen molar-refractivity contribution in [3.8, 4) is 0 Å². The standard InChI is InChI=1S/C15H13FN2O2/c16-13-3-1-11(2-4-13)10-17-8-7-12-9-14(18(19)20)5-6-15(12)17/h1-6,9H,7-8,10H2. The molecule has 0 atom stereocenters. The predicted molar refractivity (Wildman–Crippen MR) is 74.3 cm³/mol. The molecule has 0 saturated carbocycles. The second kappa shape index (κ2) is 4.92. The number of non-ortho nitro benzene ring substituents is 1. The summed E-state index contributed by atoms with van der Waals surface area (Å²) in [6.07, 6.45) is 0.804. The Morgan fingerprint density at radius 1 is 1.20 bits per heavy atom. The minimum absolute atomic E-state index is 0.132. The van der Waals surface area contributed by atoms with E-state index in [-0.39, 0.29) is 16.4 Å². The van der Waals surface area contributed by atoms with Crippen molar-refractivity contribution in [2.45, 2.75) is 13.0 Å². The molecule has 1 heterocycles. The van der Waals surface area contributed by atoms with Crippen LogP contribution in [0.4, 0.5) is 15.8 Å². The van der Waals surface area contributed by atoms with Gasteiger partial charge in [-0.05, 0) is 35.7 Å². The first-order valence-corrected chi connectivity index (χ1v) is 6.40. The first-order chi connectivity index (χ1) is 9.63. The van der Waals surface area contributed by atoms with Crippen LogP contribution in [-0.2, 0) is 13.0 Å². The lowest BCUT2D eigenvalue weighted by atomic mass is 10.1. The van der Waals surface area contributed by atoms with Crippen LogP contribution < -0.4 is 4.90 Å². The number of rotatable bonds is 3. The zero-order chi connectivity index (χ0) is 14.1. The molecular formula is C15H13FN2O2. The van der Waals surface area contributed by atoms with Crippen molar-refractivity contribution in [1.82, 2.24) is 0 Å². The molecule has 0 unspecified atom stereocenters. The van der Waals surface area contributed by atoms with Crippen LogP contribution in [0, 0.1) is 15.9 Å². The summed E-state index contributed by atoms with van der Waals surface area (Å²) in [6.45, 7) is 1.51. The molecule has 0 radical (unpaired) electrons. The monoisotopic (exact) mass is 272 g/mol. The Kier molecular flexibility index (Phi) is 3.10. The minimum Gasteiger partial charge on any atom is -0.367 e. The largest absolute Gasteiger partial charge is 0.367 e. The Morgan fingerprint density at radius 2 is 1.95 bits per heavy atom. The van der Waals surface area contributed by atoms with Crippen LogP contribution in [0.25, 0.3) is 0 Å². The van der Waals surface area contributed by atoms with Gasteiger partial charge in [-0.15, -0.1) is 0 Å². The van der Waals surface area contributed by atoms with Crippen molar-refractivity contribution in [3.63, 3.8) is 0 Å². The van der Waals surface area contributed by atoms with Crippen LogP contribution in [0.1, 0.15) is 11.1 Å². The van der Waals surface area contributed by atoms with Gasteiger partial charge >= 0.3 is 0 Å². The molecule has 2 aromatic rings. The molecule has 2 aromatic carbocycles. The Bertz CT molecular complexity index is 655. The highest BCUT2D eigenvalue weighted by Crippen LogP contribution is 2.32. The third kappa shape index (κ3) is 2.34. The fraction of sp³-hybridized carbons (Fsp3) is 0.200. The van der Waals surface area contributed by atoms with Crippen molar-refractivity contribution in [2.75, 3.05) is 11.4 Å². The van der Waals surface area contributed by atoms with E-state index in [4.69, 9.17) is 0 Å². The van der Waals surface area contributed by atoms with E-state index >= 15 is 0 Å². The lowest BCUT2D eigenvalue weighted by Crippen LogP contribution is -2.19. The molecule has 0 fully saturated rings. The summed E-state index contributed by atoms with van der Waals surface area (Å²) >= 11 is 0. The van der Waals surface area contributed by atoms with E-state index in [1.807, 2.05) is 0 Å². The van der Waals surface area contributed by atoms with Gasteiger partial charge in [-0.3, -0.25) is 10.1 Å². The van der Waals surface area contributed by atoms with Gasteiger partial charge in [0.15, 0.2) is 0 Å². The lowest BCUT2D eigenvalue weighted by Gasteiger charge is -2.19.